The number of piperazine rings is 1. The first-order chi connectivity index (χ1) is 14.1. The Morgan fingerprint density at radius 2 is 1.59 bits per heavy atom. The molecule has 7 heteroatoms. The van der Waals surface area contributed by atoms with Gasteiger partial charge in [0.2, 0.25) is 0 Å². The van der Waals surface area contributed by atoms with Crippen molar-refractivity contribution in [2.24, 2.45) is 5.92 Å². The van der Waals surface area contributed by atoms with E-state index in [1.807, 2.05) is 17.0 Å². The van der Waals surface area contributed by atoms with E-state index in [-0.39, 0.29) is 5.91 Å². The van der Waals surface area contributed by atoms with Crippen molar-refractivity contribution in [1.82, 2.24) is 14.9 Å². The molecule has 0 spiro atoms. The SMILES string of the molecule is COc1ccc(N2CCN(c3cnc(C(=O)N4CCC(C)CC4)cn3)CC2)cc1. The van der Waals surface area contributed by atoms with Crippen molar-refractivity contribution < 1.29 is 9.53 Å². The van der Waals surface area contributed by atoms with E-state index in [2.05, 4.69) is 38.8 Å². The molecule has 2 aliphatic heterocycles. The van der Waals surface area contributed by atoms with Crippen LogP contribution in [0.3, 0.4) is 0 Å². The number of hydrogen-bond donors (Lipinski definition) is 0. The first kappa shape index (κ1) is 19.5. The highest BCUT2D eigenvalue weighted by molar-refractivity contribution is 5.92. The van der Waals surface area contributed by atoms with Gasteiger partial charge in [0.1, 0.15) is 17.3 Å². The topological polar surface area (TPSA) is 61.8 Å². The lowest BCUT2D eigenvalue weighted by Crippen LogP contribution is -2.47. The molecule has 0 saturated carbocycles. The van der Waals surface area contributed by atoms with Gasteiger partial charge in [-0.25, -0.2) is 9.97 Å². The Balaban J connectivity index is 1.33. The maximum atomic E-state index is 12.6. The van der Waals surface area contributed by atoms with Gasteiger partial charge in [-0.1, -0.05) is 6.92 Å². The van der Waals surface area contributed by atoms with Crippen molar-refractivity contribution >= 4 is 17.4 Å². The Bertz CT molecular complexity index is 808. The molecule has 0 bridgehead atoms. The van der Waals surface area contributed by atoms with Crippen LogP contribution in [0.5, 0.6) is 5.75 Å². The standard InChI is InChI=1S/C22H29N5O2/c1-17-7-9-27(10-8-17)22(28)20-15-24-21(16-23-20)26-13-11-25(12-14-26)18-3-5-19(29-2)6-4-18/h3-6,15-17H,7-14H2,1-2H3. The van der Waals surface area contributed by atoms with Crippen molar-refractivity contribution in [3.63, 3.8) is 0 Å². The van der Waals surface area contributed by atoms with Gasteiger partial charge in [0.25, 0.3) is 5.91 Å². The Morgan fingerprint density at radius 1 is 0.931 bits per heavy atom. The predicted molar refractivity (Wildman–Crippen MR) is 114 cm³/mol. The van der Waals surface area contributed by atoms with Gasteiger partial charge >= 0.3 is 0 Å². The van der Waals surface area contributed by atoms with Gasteiger partial charge in [0.15, 0.2) is 0 Å². The van der Waals surface area contributed by atoms with E-state index in [0.29, 0.717) is 11.6 Å². The fourth-order valence-electron chi connectivity index (χ4n) is 3.96. The lowest BCUT2D eigenvalue weighted by atomic mass is 9.99. The summed E-state index contributed by atoms with van der Waals surface area (Å²) in [5.41, 5.74) is 1.65. The van der Waals surface area contributed by atoms with Gasteiger partial charge in [-0.15, -0.1) is 0 Å². The van der Waals surface area contributed by atoms with Crippen molar-refractivity contribution in [3.05, 3.63) is 42.4 Å². The molecular formula is C22H29N5O2. The van der Waals surface area contributed by atoms with Crippen LogP contribution in [0.2, 0.25) is 0 Å². The minimum Gasteiger partial charge on any atom is -0.497 e. The molecule has 1 aromatic carbocycles. The number of anilines is 2. The summed E-state index contributed by atoms with van der Waals surface area (Å²) in [5, 5.41) is 0. The Hall–Kier alpha value is -2.83. The number of amides is 1. The van der Waals surface area contributed by atoms with E-state index >= 15 is 0 Å². The molecule has 2 aliphatic rings. The first-order valence-electron chi connectivity index (χ1n) is 10.4. The zero-order chi connectivity index (χ0) is 20.2. The third-order valence-corrected chi connectivity index (χ3v) is 5.97. The minimum atomic E-state index is 0.000255. The van der Waals surface area contributed by atoms with Gasteiger partial charge in [-0.2, -0.15) is 0 Å². The molecule has 0 N–H and O–H groups in total. The number of rotatable bonds is 4. The molecule has 154 valence electrons. The third kappa shape index (κ3) is 4.44. The van der Waals surface area contributed by atoms with Crippen LogP contribution in [-0.2, 0) is 0 Å². The zero-order valence-corrected chi connectivity index (χ0v) is 17.3. The molecule has 0 unspecified atom stereocenters. The number of aromatic nitrogens is 2. The Kier molecular flexibility index (Phi) is 5.83. The second kappa shape index (κ2) is 8.68. The zero-order valence-electron chi connectivity index (χ0n) is 17.3. The summed E-state index contributed by atoms with van der Waals surface area (Å²) in [4.78, 5) is 28.1. The third-order valence-electron chi connectivity index (χ3n) is 5.97. The number of carbonyl (C=O) groups is 1. The van der Waals surface area contributed by atoms with Crippen LogP contribution in [0.15, 0.2) is 36.7 Å². The van der Waals surface area contributed by atoms with Crippen molar-refractivity contribution in [2.45, 2.75) is 19.8 Å². The van der Waals surface area contributed by atoms with Crippen LogP contribution >= 0.6 is 0 Å². The molecule has 7 nitrogen and oxygen atoms in total. The molecular weight excluding hydrogens is 366 g/mol. The van der Waals surface area contributed by atoms with E-state index < -0.39 is 0 Å². The lowest BCUT2D eigenvalue weighted by molar-refractivity contribution is 0.0691. The average molecular weight is 396 g/mol. The number of methoxy groups -OCH3 is 1. The van der Waals surface area contributed by atoms with Gasteiger partial charge in [0.05, 0.1) is 19.5 Å². The predicted octanol–water partition coefficient (Wildman–Crippen LogP) is 2.68. The molecule has 0 radical (unpaired) electrons. The van der Waals surface area contributed by atoms with Crippen LogP contribution in [0.25, 0.3) is 0 Å². The number of carbonyl (C=O) groups excluding carboxylic acids is 1. The number of likely N-dealkylation sites (tertiary alicyclic amines) is 1. The van der Waals surface area contributed by atoms with Crippen LogP contribution < -0.4 is 14.5 Å². The lowest BCUT2D eigenvalue weighted by Gasteiger charge is -2.36. The fraction of sp³-hybridized carbons (Fsp3) is 0.500. The maximum Gasteiger partial charge on any atom is 0.274 e. The largest absolute Gasteiger partial charge is 0.497 e. The molecule has 1 aromatic heterocycles. The molecule has 3 heterocycles. The molecule has 0 aliphatic carbocycles. The van der Waals surface area contributed by atoms with E-state index in [1.165, 1.54) is 5.69 Å². The number of nitrogens with zero attached hydrogens (tertiary/aromatic N) is 5. The molecule has 2 saturated heterocycles. The maximum absolute atomic E-state index is 12.6. The van der Waals surface area contributed by atoms with Gasteiger partial charge in [-0.3, -0.25) is 4.79 Å². The summed E-state index contributed by atoms with van der Waals surface area (Å²) >= 11 is 0. The second-order valence-electron chi connectivity index (χ2n) is 7.91. The molecule has 0 atom stereocenters. The molecule has 29 heavy (non-hydrogen) atoms. The summed E-state index contributed by atoms with van der Waals surface area (Å²) in [6.45, 7) is 7.45. The van der Waals surface area contributed by atoms with Gasteiger partial charge in [0, 0.05) is 45.0 Å². The monoisotopic (exact) mass is 395 g/mol. The molecule has 2 fully saturated rings. The average Bonchev–Trinajstić information content (AvgIpc) is 2.79. The fourth-order valence-corrected chi connectivity index (χ4v) is 3.96. The Labute approximate surface area is 172 Å². The summed E-state index contributed by atoms with van der Waals surface area (Å²) in [6.07, 6.45) is 5.50. The van der Waals surface area contributed by atoms with Gasteiger partial charge in [-0.05, 0) is 43.0 Å². The summed E-state index contributed by atoms with van der Waals surface area (Å²) in [5.74, 6) is 2.41. The highest BCUT2D eigenvalue weighted by Gasteiger charge is 2.23. The number of hydrogen-bond acceptors (Lipinski definition) is 6. The molecule has 1 amide bonds. The second-order valence-corrected chi connectivity index (χ2v) is 7.91. The van der Waals surface area contributed by atoms with Crippen LogP contribution in [0, 0.1) is 5.92 Å². The smallest absolute Gasteiger partial charge is 0.274 e. The van der Waals surface area contributed by atoms with Crippen molar-refractivity contribution in [1.29, 1.82) is 0 Å². The van der Waals surface area contributed by atoms with E-state index in [0.717, 1.165) is 63.7 Å². The van der Waals surface area contributed by atoms with Gasteiger partial charge < -0.3 is 19.4 Å². The highest BCUT2D eigenvalue weighted by Crippen LogP contribution is 2.22. The summed E-state index contributed by atoms with van der Waals surface area (Å²) in [6, 6.07) is 8.17. The number of benzene rings is 1. The van der Waals surface area contributed by atoms with E-state index in [9.17, 15) is 4.79 Å². The van der Waals surface area contributed by atoms with Crippen molar-refractivity contribution in [2.75, 3.05) is 56.2 Å². The van der Waals surface area contributed by atoms with E-state index in [4.69, 9.17) is 4.74 Å². The van der Waals surface area contributed by atoms with Crippen molar-refractivity contribution in [3.8, 4) is 5.75 Å². The van der Waals surface area contributed by atoms with Crippen LogP contribution in [0.4, 0.5) is 11.5 Å². The van der Waals surface area contributed by atoms with Crippen LogP contribution in [0.1, 0.15) is 30.3 Å². The minimum absolute atomic E-state index is 0.000255. The number of piperidine rings is 1. The molecule has 2 aromatic rings. The quantitative estimate of drug-likeness (QED) is 0.793. The molecule has 4 rings (SSSR count). The summed E-state index contributed by atoms with van der Waals surface area (Å²) in [7, 11) is 1.68. The summed E-state index contributed by atoms with van der Waals surface area (Å²) < 4.78 is 5.23. The Morgan fingerprint density at radius 3 is 2.17 bits per heavy atom. The number of ether oxygens (including phenoxy) is 1. The normalized spacial score (nSPS) is 18.1. The van der Waals surface area contributed by atoms with E-state index in [1.54, 1.807) is 19.5 Å². The first-order valence-corrected chi connectivity index (χ1v) is 10.4. The highest BCUT2D eigenvalue weighted by atomic mass is 16.5. The van der Waals surface area contributed by atoms with Crippen LogP contribution in [-0.4, -0.2) is 67.2 Å².